The molecule has 1 amide bonds. The lowest BCUT2D eigenvalue weighted by Gasteiger charge is -2.38. The zero-order valence-electron chi connectivity index (χ0n) is 12.8. The molecule has 1 aliphatic carbocycles. The van der Waals surface area contributed by atoms with E-state index in [2.05, 4.69) is 5.10 Å². The molecule has 122 valence electrons. The van der Waals surface area contributed by atoms with Gasteiger partial charge in [-0.3, -0.25) is 9.48 Å². The SMILES string of the molecule is O=C(c1ccn(CC(F)F)n1)N1CCCC[C@H]2CCCC[C@@H]21. The largest absolute Gasteiger partial charge is 0.334 e. The standard InChI is InChI=1S/C16H23F2N3O/c17-15(18)11-20-10-8-13(19-20)16(22)21-9-4-3-6-12-5-1-2-7-14(12)21/h8,10,12,14-15H,1-7,9,11H2/t12-,14+/m1/s1. The third kappa shape index (κ3) is 3.31. The molecule has 2 fully saturated rings. The van der Waals surface area contributed by atoms with Gasteiger partial charge in [-0.25, -0.2) is 8.78 Å². The van der Waals surface area contributed by atoms with E-state index in [0.29, 0.717) is 17.7 Å². The van der Waals surface area contributed by atoms with Crippen LogP contribution < -0.4 is 0 Å². The zero-order chi connectivity index (χ0) is 15.5. The molecule has 3 rings (SSSR count). The van der Waals surface area contributed by atoms with Crippen LogP contribution in [0.1, 0.15) is 55.4 Å². The molecule has 0 unspecified atom stereocenters. The third-order valence-corrected chi connectivity index (χ3v) is 4.94. The van der Waals surface area contributed by atoms with Gasteiger partial charge >= 0.3 is 0 Å². The molecule has 2 atom stereocenters. The van der Waals surface area contributed by atoms with Crippen LogP contribution in [0.4, 0.5) is 8.78 Å². The number of hydrogen-bond donors (Lipinski definition) is 0. The summed E-state index contributed by atoms with van der Waals surface area (Å²) >= 11 is 0. The highest BCUT2D eigenvalue weighted by Crippen LogP contribution is 2.35. The molecule has 0 bridgehead atoms. The summed E-state index contributed by atoms with van der Waals surface area (Å²) in [5.41, 5.74) is 0.298. The van der Waals surface area contributed by atoms with Crippen molar-refractivity contribution in [3.05, 3.63) is 18.0 Å². The number of carbonyl (C=O) groups excluding carboxylic acids is 1. The topological polar surface area (TPSA) is 38.1 Å². The van der Waals surface area contributed by atoms with Gasteiger partial charge in [0.2, 0.25) is 0 Å². The van der Waals surface area contributed by atoms with Crippen molar-refractivity contribution in [1.82, 2.24) is 14.7 Å². The Balaban J connectivity index is 1.75. The lowest BCUT2D eigenvalue weighted by molar-refractivity contribution is 0.0560. The van der Waals surface area contributed by atoms with Crippen LogP contribution in [0.5, 0.6) is 0 Å². The van der Waals surface area contributed by atoms with Crippen molar-refractivity contribution in [3.8, 4) is 0 Å². The van der Waals surface area contributed by atoms with Gasteiger partial charge in [-0.05, 0) is 37.7 Å². The number of hydrogen-bond acceptors (Lipinski definition) is 2. The smallest absolute Gasteiger partial charge is 0.274 e. The first-order valence-electron chi connectivity index (χ1n) is 8.27. The van der Waals surface area contributed by atoms with E-state index in [0.717, 1.165) is 24.1 Å². The molecule has 1 saturated heterocycles. The molecule has 1 aromatic heterocycles. The highest BCUT2D eigenvalue weighted by atomic mass is 19.3. The predicted octanol–water partition coefficient (Wildman–Crippen LogP) is 3.33. The maximum atomic E-state index is 12.8. The van der Waals surface area contributed by atoms with E-state index < -0.39 is 13.0 Å². The normalized spacial score (nSPS) is 25.9. The summed E-state index contributed by atoms with van der Waals surface area (Å²) in [6, 6.07) is 1.87. The highest BCUT2D eigenvalue weighted by Gasteiger charge is 2.35. The van der Waals surface area contributed by atoms with Crippen molar-refractivity contribution in [2.75, 3.05) is 6.54 Å². The molecule has 1 aromatic rings. The molecule has 0 radical (unpaired) electrons. The van der Waals surface area contributed by atoms with Crippen molar-refractivity contribution in [1.29, 1.82) is 0 Å². The van der Waals surface area contributed by atoms with Crippen molar-refractivity contribution >= 4 is 5.91 Å². The Labute approximate surface area is 129 Å². The first-order valence-corrected chi connectivity index (χ1v) is 8.27. The Morgan fingerprint density at radius 1 is 1.23 bits per heavy atom. The van der Waals surface area contributed by atoms with Crippen LogP contribution in [0.3, 0.4) is 0 Å². The van der Waals surface area contributed by atoms with Crippen LogP contribution in [-0.2, 0) is 6.54 Å². The van der Waals surface area contributed by atoms with Crippen molar-refractivity contribution in [2.45, 2.75) is 64.0 Å². The van der Waals surface area contributed by atoms with E-state index in [1.54, 1.807) is 6.07 Å². The zero-order valence-corrected chi connectivity index (χ0v) is 12.8. The van der Waals surface area contributed by atoms with E-state index in [4.69, 9.17) is 0 Å². The molecule has 6 heteroatoms. The van der Waals surface area contributed by atoms with Gasteiger partial charge in [-0.1, -0.05) is 19.3 Å². The summed E-state index contributed by atoms with van der Waals surface area (Å²) in [4.78, 5) is 14.7. The fourth-order valence-corrected chi connectivity index (χ4v) is 3.91. The van der Waals surface area contributed by atoms with Crippen molar-refractivity contribution in [3.63, 3.8) is 0 Å². The van der Waals surface area contributed by atoms with E-state index in [9.17, 15) is 13.6 Å². The van der Waals surface area contributed by atoms with Gasteiger partial charge in [-0.2, -0.15) is 5.10 Å². The predicted molar refractivity (Wildman–Crippen MR) is 78.9 cm³/mol. The van der Waals surface area contributed by atoms with Gasteiger partial charge < -0.3 is 4.90 Å². The highest BCUT2D eigenvalue weighted by molar-refractivity contribution is 5.92. The summed E-state index contributed by atoms with van der Waals surface area (Å²) in [6.07, 6.45) is 7.11. The monoisotopic (exact) mass is 311 g/mol. The minimum absolute atomic E-state index is 0.0909. The molecule has 0 N–H and O–H groups in total. The lowest BCUT2D eigenvalue weighted by Crippen LogP contribution is -2.45. The minimum Gasteiger partial charge on any atom is -0.334 e. The third-order valence-electron chi connectivity index (χ3n) is 4.94. The van der Waals surface area contributed by atoms with Gasteiger partial charge in [0.15, 0.2) is 0 Å². The Hall–Kier alpha value is -1.46. The summed E-state index contributed by atoms with van der Waals surface area (Å²) in [5, 5.41) is 4.04. The number of carbonyl (C=O) groups is 1. The number of fused-ring (bicyclic) bond motifs is 1. The number of likely N-dealkylation sites (tertiary alicyclic amines) is 1. The number of alkyl halides is 2. The Kier molecular flexibility index (Phi) is 4.74. The quantitative estimate of drug-likeness (QED) is 0.859. The van der Waals surface area contributed by atoms with Crippen LogP contribution in [0.25, 0.3) is 0 Å². The second-order valence-electron chi connectivity index (χ2n) is 6.42. The molecular formula is C16H23F2N3O. The fourth-order valence-electron chi connectivity index (χ4n) is 3.91. The van der Waals surface area contributed by atoms with Crippen LogP contribution >= 0.6 is 0 Å². The molecule has 1 saturated carbocycles. The molecule has 1 aliphatic heterocycles. The molecular weight excluding hydrogens is 288 g/mol. The van der Waals surface area contributed by atoms with Crippen LogP contribution in [0.2, 0.25) is 0 Å². The first-order chi connectivity index (χ1) is 10.6. The summed E-state index contributed by atoms with van der Waals surface area (Å²) in [5.74, 6) is 0.509. The molecule has 2 aliphatic rings. The Morgan fingerprint density at radius 2 is 1.95 bits per heavy atom. The number of amides is 1. The van der Waals surface area contributed by atoms with Crippen LogP contribution in [0.15, 0.2) is 12.3 Å². The number of halogens is 2. The van der Waals surface area contributed by atoms with E-state index >= 15 is 0 Å². The van der Waals surface area contributed by atoms with Gasteiger partial charge in [0.25, 0.3) is 12.3 Å². The average molecular weight is 311 g/mol. The fraction of sp³-hybridized carbons (Fsp3) is 0.750. The molecule has 2 heterocycles. The van der Waals surface area contributed by atoms with Gasteiger partial charge in [0, 0.05) is 18.8 Å². The molecule has 0 spiro atoms. The molecule has 0 aromatic carbocycles. The van der Waals surface area contributed by atoms with Crippen LogP contribution in [0, 0.1) is 5.92 Å². The summed E-state index contributed by atoms with van der Waals surface area (Å²) < 4.78 is 26.0. The Bertz CT molecular complexity index is 517. The second kappa shape index (κ2) is 6.75. The summed E-state index contributed by atoms with van der Waals surface area (Å²) in [7, 11) is 0. The van der Waals surface area contributed by atoms with Gasteiger partial charge in [0.05, 0.1) is 0 Å². The average Bonchev–Trinajstić information content (AvgIpc) is 2.84. The van der Waals surface area contributed by atoms with Gasteiger partial charge in [0.1, 0.15) is 12.2 Å². The lowest BCUT2D eigenvalue weighted by atomic mass is 9.81. The van der Waals surface area contributed by atoms with Gasteiger partial charge in [-0.15, -0.1) is 0 Å². The maximum absolute atomic E-state index is 12.8. The molecule has 4 nitrogen and oxygen atoms in total. The van der Waals surface area contributed by atoms with Crippen molar-refractivity contribution in [2.24, 2.45) is 5.92 Å². The Morgan fingerprint density at radius 3 is 2.73 bits per heavy atom. The summed E-state index contributed by atoms with van der Waals surface area (Å²) in [6.45, 7) is 0.307. The number of rotatable bonds is 3. The van der Waals surface area contributed by atoms with E-state index in [1.165, 1.54) is 38.3 Å². The van der Waals surface area contributed by atoms with Crippen molar-refractivity contribution < 1.29 is 13.6 Å². The first kappa shape index (κ1) is 15.4. The number of aromatic nitrogens is 2. The minimum atomic E-state index is -2.45. The van der Waals surface area contributed by atoms with E-state index in [1.807, 2.05) is 4.90 Å². The second-order valence-corrected chi connectivity index (χ2v) is 6.42. The molecule has 22 heavy (non-hydrogen) atoms. The maximum Gasteiger partial charge on any atom is 0.274 e. The number of nitrogens with zero attached hydrogens (tertiary/aromatic N) is 3. The van der Waals surface area contributed by atoms with Crippen LogP contribution in [-0.4, -0.2) is 39.6 Å². The van der Waals surface area contributed by atoms with E-state index in [-0.39, 0.29) is 5.91 Å².